The number of nitrogens with one attached hydrogen (secondary N) is 3. The van der Waals surface area contributed by atoms with E-state index in [-0.39, 0.29) is 27.7 Å². The van der Waals surface area contributed by atoms with Crippen molar-refractivity contribution in [1.82, 2.24) is 30.5 Å². The first-order valence-corrected chi connectivity index (χ1v) is 13.7. The number of carbonyl (C=O) groups is 1. The standard InChI is InChI=1S/C28H23FN6O3S/c29-23-8-4-19(5-9-23)3-6-21-14-22(28(36)30-13-1-2-20-15-33-34-16-20)7-12-26(21)39(37,38)17-24-10-11-25-27(35-24)32-18-31-25/h4-5,7-12,14-16,18H,1-2,13,17H2,(H,30,36)(H,33,34)(H,31,32,35). The van der Waals surface area contributed by atoms with Crippen molar-refractivity contribution in [2.24, 2.45) is 0 Å². The largest absolute Gasteiger partial charge is 0.352 e. The van der Waals surface area contributed by atoms with Crippen LogP contribution in [0.2, 0.25) is 0 Å². The average Bonchev–Trinajstić information content (AvgIpc) is 3.62. The number of H-pyrrole nitrogens is 2. The first-order chi connectivity index (χ1) is 18.9. The van der Waals surface area contributed by atoms with Gasteiger partial charge in [-0.3, -0.25) is 9.89 Å². The molecule has 1 amide bonds. The van der Waals surface area contributed by atoms with Crippen molar-refractivity contribution < 1.29 is 17.6 Å². The van der Waals surface area contributed by atoms with E-state index in [0.29, 0.717) is 35.4 Å². The molecule has 0 bridgehead atoms. The number of rotatable bonds is 8. The topological polar surface area (TPSA) is 133 Å². The lowest BCUT2D eigenvalue weighted by Crippen LogP contribution is -2.25. The maximum atomic E-state index is 13.5. The van der Waals surface area contributed by atoms with Gasteiger partial charge >= 0.3 is 0 Å². The quantitative estimate of drug-likeness (QED) is 0.203. The van der Waals surface area contributed by atoms with Crippen LogP contribution in [0.15, 0.2) is 78.2 Å². The van der Waals surface area contributed by atoms with Crippen LogP contribution in [0.25, 0.3) is 11.2 Å². The summed E-state index contributed by atoms with van der Waals surface area (Å²) in [6, 6.07) is 13.2. The SMILES string of the molecule is O=C(NCCCc1cn[nH]c1)c1ccc(S(=O)(=O)Cc2ccc3[nH]cnc3n2)c(C#Cc2ccc(F)cc2)c1. The molecule has 11 heteroatoms. The monoisotopic (exact) mass is 542 g/mol. The number of fused-ring (bicyclic) bond motifs is 1. The van der Waals surface area contributed by atoms with Gasteiger partial charge in [0.1, 0.15) is 5.82 Å². The van der Waals surface area contributed by atoms with Crippen molar-refractivity contribution in [2.75, 3.05) is 6.54 Å². The molecule has 0 saturated heterocycles. The number of pyridine rings is 1. The molecule has 0 atom stereocenters. The summed E-state index contributed by atoms with van der Waals surface area (Å²) in [6.45, 7) is 0.433. The Balaban J connectivity index is 1.41. The molecule has 3 heterocycles. The lowest BCUT2D eigenvalue weighted by molar-refractivity contribution is 0.0953. The fraction of sp³-hybridized carbons (Fsp3) is 0.143. The molecule has 0 aliphatic rings. The van der Waals surface area contributed by atoms with Crippen LogP contribution < -0.4 is 5.32 Å². The highest BCUT2D eigenvalue weighted by Crippen LogP contribution is 2.22. The van der Waals surface area contributed by atoms with Gasteiger partial charge in [0, 0.05) is 29.4 Å². The first-order valence-electron chi connectivity index (χ1n) is 12.1. The molecule has 3 aromatic heterocycles. The number of aromatic nitrogens is 5. The highest BCUT2D eigenvalue weighted by molar-refractivity contribution is 7.90. The second-order valence-corrected chi connectivity index (χ2v) is 10.7. The number of amides is 1. The highest BCUT2D eigenvalue weighted by Gasteiger charge is 2.21. The number of carbonyl (C=O) groups excluding carboxylic acids is 1. The summed E-state index contributed by atoms with van der Waals surface area (Å²) < 4.78 is 40.2. The fourth-order valence-electron chi connectivity index (χ4n) is 3.94. The molecule has 5 rings (SSSR count). The number of hydrogen-bond donors (Lipinski definition) is 3. The fourth-order valence-corrected chi connectivity index (χ4v) is 5.36. The molecule has 0 spiro atoms. The molecular weight excluding hydrogens is 519 g/mol. The van der Waals surface area contributed by atoms with Gasteiger partial charge in [0.15, 0.2) is 15.5 Å². The Morgan fingerprint density at radius 2 is 1.90 bits per heavy atom. The van der Waals surface area contributed by atoms with Gasteiger partial charge in [0.2, 0.25) is 0 Å². The van der Waals surface area contributed by atoms with Crippen LogP contribution >= 0.6 is 0 Å². The highest BCUT2D eigenvalue weighted by atomic mass is 32.2. The van der Waals surface area contributed by atoms with E-state index >= 15 is 0 Å². The summed E-state index contributed by atoms with van der Waals surface area (Å²) in [6.07, 6.45) is 6.48. The predicted molar refractivity (Wildman–Crippen MR) is 143 cm³/mol. The van der Waals surface area contributed by atoms with Crippen molar-refractivity contribution in [3.63, 3.8) is 0 Å². The van der Waals surface area contributed by atoms with E-state index < -0.39 is 15.7 Å². The zero-order valence-electron chi connectivity index (χ0n) is 20.6. The normalized spacial score (nSPS) is 11.2. The number of nitrogens with zero attached hydrogens (tertiary/aromatic N) is 3. The number of aryl methyl sites for hydroxylation is 1. The minimum absolute atomic E-state index is 0.0301. The minimum atomic E-state index is -3.90. The van der Waals surface area contributed by atoms with Crippen molar-refractivity contribution in [2.45, 2.75) is 23.5 Å². The van der Waals surface area contributed by atoms with Crippen molar-refractivity contribution in [1.29, 1.82) is 0 Å². The van der Waals surface area contributed by atoms with Crippen LogP contribution in [0.1, 0.15) is 39.2 Å². The molecule has 0 fully saturated rings. The van der Waals surface area contributed by atoms with E-state index in [1.54, 1.807) is 24.5 Å². The molecule has 0 aliphatic carbocycles. The smallest absolute Gasteiger partial charge is 0.251 e. The van der Waals surface area contributed by atoms with Gasteiger partial charge in [-0.25, -0.2) is 22.8 Å². The van der Waals surface area contributed by atoms with Gasteiger partial charge < -0.3 is 10.3 Å². The maximum Gasteiger partial charge on any atom is 0.251 e. The number of halogens is 1. The summed E-state index contributed by atoms with van der Waals surface area (Å²) in [5.74, 6) is 4.61. The van der Waals surface area contributed by atoms with Gasteiger partial charge in [-0.1, -0.05) is 11.8 Å². The van der Waals surface area contributed by atoms with Gasteiger partial charge in [-0.2, -0.15) is 5.10 Å². The Morgan fingerprint density at radius 3 is 2.69 bits per heavy atom. The summed E-state index contributed by atoms with van der Waals surface area (Å²) in [5.41, 5.74) is 3.41. The number of imidazole rings is 1. The van der Waals surface area contributed by atoms with Crippen LogP contribution in [-0.2, 0) is 22.0 Å². The molecule has 39 heavy (non-hydrogen) atoms. The van der Waals surface area contributed by atoms with E-state index in [1.165, 1.54) is 48.8 Å². The molecule has 0 radical (unpaired) electrons. The molecular formula is C28H23FN6O3S. The molecule has 0 aliphatic heterocycles. The number of sulfone groups is 1. The number of hydrogen-bond acceptors (Lipinski definition) is 6. The van der Waals surface area contributed by atoms with E-state index in [1.807, 2.05) is 0 Å². The van der Waals surface area contributed by atoms with E-state index in [4.69, 9.17) is 0 Å². The van der Waals surface area contributed by atoms with Crippen LogP contribution in [0.5, 0.6) is 0 Å². The zero-order valence-corrected chi connectivity index (χ0v) is 21.4. The molecule has 0 unspecified atom stereocenters. The lowest BCUT2D eigenvalue weighted by Gasteiger charge is -2.10. The third-order valence-corrected chi connectivity index (χ3v) is 7.62. The number of benzene rings is 2. The molecule has 5 aromatic rings. The third kappa shape index (κ3) is 6.37. The Bertz CT molecular complexity index is 1790. The van der Waals surface area contributed by atoms with Gasteiger partial charge in [-0.05, 0) is 73.0 Å². The summed E-state index contributed by atoms with van der Waals surface area (Å²) in [4.78, 5) is 24.1. The lowest BCUT2D eigenvalue weighted by atomic mass is 10.1. The zero-order chi connectivity index (χ0) is 27.2. The Labute approximate surface area is 223 Å². The van der Waals surface area contributed by atoms with Crippen molar-refractivity contribution in [3.8, 4) is 11.8 Å². The Hall–Kier alpha value is -4.82. The van der Waals surface area contributed by atoms with Gasteiger partial charge in [0.05, 0.1) is 34.4 Å². The molecule has 3 N–H and O–H groups in total. The molecule has 196 valence electrons. The van der Waals surface area contributed by atoms with Gasteiger partial charge in [0.25, 0.3) is 5.91 Å². The van der Waals surface area contributed by atoms with Crippen LogP contribution in [0, 0.1) is 17.7 Å². The predicted octanol–water partition coefficient (Wildman–Crippen LogP) is 3.56. The summed E-state index contributed by atoms with van der Waals surface area (Å²) in [7, 11) is -3.90. The van der Waals surface area contributed by atoms with Crippen LogP contribution in [-0.4, -0.2) is 46.0 Å². The summed E-state index contributed by atoms with van der Waals surface area (Å²) in [5, 5.41) is 9.50. The molecule has 2 aromatic carbocycles. The first kappa shape index (κ1) is 25.8. The number of aromatic amines is 2. The van der Waals surface area contributed by atoms with Crippen LogP contribution in [0.3, 0.4) is 0 Å². The van der Waals surface area contributed by atoms with Crippen molar-refractivity contribution in [3.05, 3.63) is 107 Å². The second-order valence-electron chi connectivity index (χ2n) is 8.77. The van der Waals surface area contributed by atoms with Crippen LogP contribution in [0.4, 0.5) is 4.39 Å². The minimum Gasteiger partial charge on any atom is -0.352 e. The second kappa shape index (κ2) is 11.3. The average molecular weight is 543 g/mol. The van der Waals surface area contributed by atoms with Crippen molar-refractivity contribution >= 4 is 26.9 Å². The Kier molecular flexibility index (Phi) is 7.47. The van der Waals surface area contributed by atoms with Gasteiger partial charge in [-0.15, -0.1) is 0 Å². The van der Waals surface area contributed by atoms with E-state index in [2.05, 4.69) is 42.3 Å². The molecule has 0 saturated carbocycles. The molecule has 9 nitrogen and oxygen atoms in total. The Morgan fingerprint density at radius 1 is 1.05 bits per heavy atom. The van der Waals surface area contributed by atoms with E-state index in [0.717, 1.165) is 12.0 Å². The van der Waals surface area contributed by atoms with E-state index in [9.17, 15) is 17.6 Å². The summed E-state index contributed by atoms with van der Waals surface area (Å²) >= 11 is 0. The maximum absolute atomic E-state index is 13.5. The third-order valence-electron chi connectivity index (χ3n) is 5.92.